The average Bonchev–Trinajstić information content (AvgIpc) is 3.06. The lowest BCUT2D eigenvalue weighted by Crippen LogP contribution is -2.11. The van der Waals surface area contributed by atoms with Gasteiger partial charge in [-0.05, 0) is 36.4 Å². The minimum Gasteiger partial charge on any atom is -0.322 e. The van der Waals surface area contributed by atoms with Gasteiger partial charge in [0.2, 0.25) is 0 Å². The molecule has 0 atom stereocenters. The molecular formula is C18H12ClN5O. The Morgan fingerprint density at radius 1 is 1.04 bits per heavy atom. The Kier molecular flexibility index (Phi) is 3.87. The van der Waals surface area contributed by atoms with Gasteiger partial charge in [0.15, 0.2) is 5.82 Å². The molecule has 1 amide bonds. The van der Waals surface area contributed by atoms with Crippen LogP contribution in [0.15, 0.2) is 67.0 Å². The Morgan fingerprint density at radius 2 is 1.88 bits per heavy atom. The second-order valence-corrected chi connectivity index (χ2v) is 5.79. The largest absolute Gasteiger partial charge is 0.322 e. The Hall–Kier alpha value is -3.25. The number of rotatable bonds is 3. The third-order valence-corrected chi connectivity index (χ3v) is 3.91. The van der Waals surface area contributed by atoms with Crippen LogP contribution in [-0.4, -0.2) is 25.5 Å². The van der Waals surface area contributed by atoms with Crippen LogP contribution in [0.3, 0.4) is 0 Å². The van der Waals surface area contributed by atoms with Crippen LogP contribution in [0.4, 0.5) is 5.69 Å². The maximum absolute atomic E-state index is 12.3. The van der Waals surface area contributed by atoms with E-state index in [2.05, 4.69) is 20.5 Å². The Bertz CT molecular complexity index is 1060. The zero-order chi connectivity index (χ0) is 17.2. The van der Waals surface area contributed by atoms with Crippen LogP contribution in [0.2, 0.25) is 5.02 Å². The van der Waals surface area contributed by atoms with E-state index in [1.54, 1.807) is 47.0 Å². The minimum absolute atomic E-state index is 0.207. The van der Waals surface area contributed by atoms with Crippen molar-refractivity contribution >= 4 is 29.0 Å². The first-order valence-electron chi connectivity index (χ1n) is 7.54. The summed E-state index contributed by atoms with van der Waals surface area (Å²) in [6, 6.07) is 16.0. The van der Waals surface area contributed by atoms with Crippen LogP contribution >= 0.6 is 11.6 Å². The van der Waals surface area contributed by atoms with Crippen LogP contribution in [0.5, 0.6) is 0 Å². The highest BCUT2D eigenvalue weighted by atomic mass is 35.5. The Balaban J connectivity index is 1.58. The Labute approximate surface area is 148 Å². The number of hydrogen-bond acceptors (Lipinski definition) is 4. The fourth-order valence-corrected chi connectivity index (χ4v) is 2.67. The maximum Gasteiger partial charge on any atom is 0.255 e. The molecule has 4 aromatic rings. The second-order valence-electron chi connectivity index (χ2n) is 5.36. The molecule has 0 saturated heterocycles. The SMILES string of the molecule is O=C(Nc1cccc(Cl)c1)c1ccc(-c2nnc3ncccn23)cc1. The lowest BCUT2D eigenvalue weighted by atomic mass is 10.1. The fraction of sp³-hybridized carbons (Fsp3) is 0. The van der Waals surface area contributed by atoms with Crippen molar-refractivity contribution < 1.29 is 4.79 Å². The van der Waals surface area contributed by atoms with Crippen molar-refractivity contribution in [2.45, 2.75) is 0 Å². The zero-order valence-electron chi connectivity index (χ0n) is 12.9. The van der Waals surface area contributed by atoms with Gasteiger partial charge < -0.3 is 5.32 Å². The van der Waals surface area contributed by atoms with E-state index in [1.165, 1.54) is 0 Å². The van der Waals surface area contributed by atoms with Crippen molar-refractivity contribution in [3.63, 3.8) is 0 Å². The first-order valence-corrected chi connectivity index (χ1v) is 7.91. The maximum atomic E-state index is 12.3. The quantitative estimate of drug-likeness (QED) is 0.612. The number of nitrogens with one attached hydrogen (secondary N) is 1. The molecule has 122 valence electrons. The van der Waals surface area contributed by atoms with E-state index in [4.69, 9.17) is 11.6 Å². The van der Waals surface area contributed by atoms with E-state index >= 15 is 0 Å². The molecule has 0 aliphatic rings. The van der Waals surface area contributed by atoms with E-state index in [9.17, 15) is 4.79 Å². The first-order chi connectivity index (χ1) is 12.2. The number of carbonyl (C=O) groups excluding carboxylic acids is 1. The molecule has 0 unspecified atom stereocenters. The van der Waals surface area contributed by atoms with Gasteiger partial charge in [-0.25, -0.2) is 4.98 Å². The number of fused-ring (bicyclic) bond motifs is 1. The van der Waals surface area contributed by atoms with Crippen molar-refractivity contribution in [2.75, 3.05) is 5.32 Å². The summed E-state index contributed by atoms with van der Waals surface area (Å²) in [5, 5.41) is 11.6. The number of carbonyl (C=O) groups is 1. The molecule has 2 aromatic heterocycles. The van der Waals surface area contributed by atoms with E-state index in [1.807, 2.05) is 24.4 Å². The number of hydrogen-bond donors (Lipinski definition) is 1. The summed E-state index contributed by atoms with van der Waals surface area (Å²) in [6.07, 6.45) is 3.51. The number of halogens is 1. The molecule has 0 saturated carbocycles. The number of aromatic nitrogens is 4. The molecular weight excluding hydrogens is 338 g/mol. The molecule has 0 fully saturated rings. The first kappa shape index (κ1) is 15.3. The van der Waals surface area contributed by atoms with E-state index in [0.717, 1.165) is 5.56 Å². The predicted octanol–water partition coefficient (Wildman–Crippen LogP) is 3.70. The van der Waals surface area contributed by atoms with Crippen LogP contribution in [0, 0.1) is 0 Å². The second kappa shape index (κ2) is 6.33. The van der Waals surface area contributed by atoms with Gasteiger partial charge in [-0.2, -0.15) is 0 Å². The highest BCUT2D eigenvalue weighted by Crippen LogP contribution is 2.19. The highest BCUT2D eigenvalue weighted by molar-refractivity contribution is 6.30. The summed E-state index contributed by atoms with van der Waals surface area (Å²) in [5.41, 5.74) is 2.03. The molecule has 0 bridgehead atoms. The van der Waals surface area contributed by atoms with Gasteiger partial charge in [0.05, 0.1) is 0 Å². The van der Waals surface area contributed by atoms with Gasteiger partial charge in [-0.1, -0.05) is 29.8 Å². The molecule has 0 radical (unpaired) electrons. The summed E-state index contributed by atoms with van der Waals surface area (Å²) in [5.74, 6) is 0.992. The van der Waals surface area contributed by atoms with Gasteiger partial charge in [0.25, 0.3) is 11.7 Å². The molecule has 4 rings (SSSR count). The number of nitrogens with zero attached hydrogens (tertiary/aromatic N) is 4. The lowest BCUT2D eigenvalue weighted by molar-refractivity contribution is 0.102. The van der Waals surface area contributed by atoms with Crippen molar-refractivity contribution in [1.82, 2.24) is 19.6 Å². The zero-order valence-corrected chi connectivity index (χ0v) is 13.7. The normalized spacial score (nSPS) is 10.8. The van der Waals surface area contributed by atoms with Crippen molar-refractivity contribution in [2.24, 2.45) is 0 Å². The van der Waals surface area contributed by atoms with E-state index in [-0.39, 0.29) is 5.91 Å². The highest BCUT2D eigenvalue weighted by Gasteiger charge is 2.10. The third kappa shape index (κ3) is 3.07. The summed E-state index contributed by atoms with van der Waals surface area (Å²) in [7, 11) is 0. The van der Waals surface area contributed by atoms with Crippen molar-refractivity contribution in [3.8, 4) is 11.4 Å². The molecule has 6 nitrogen and oxygen atoms in total. The molecule has 1 N–H and O–H groups in total. The number of amides is 1. The Morgan fingerprint density at radius 3 is 2.68 bits per heavy atom. The summed E-state index contributed by atoms with van der Waals surface area (Å²) < 4.78 is 1.79. The van der Waals surface area contributed by atoms with Crippen molar-refractivity contribution in [3.05, 3.63) is 77.6 Å². The lowest BCUT2D eigenvalue weighted by Gasteiger charge is -2.06. The molecule has 2 heterocycles. The molecule has 0 aliphatic carbocycles. The monoisotopic (exact) mass is 349 g/mol. The van der Waals surface area contributed by atoms with E-state index in [0.29, 0.717) is 27.9 Å². The van der Waals surface area contributed by atoms with Gasteiger partial charge in [-0.3, -0.25) is 9.20 Å². The molecule has 25 heavy (non-hydrogen) atoms. The summed E-state index contributed by atoms with van der Waals surface area (Å²) in [4.78, 5) is 16.5. The third-order valence-electron chi connectivity index (χ3n) is 3.68. The van der Waals surface area contributed by atoms with Crippen LogP contribution in [-0.2, 0) is 0 Å². The van der Waals surface area contributed by atoms with Gasteiger partial charge in [-0.15, -0.1) is 10.2 Å². The summed E-state index contributed by atoms with van der Waals surface area (Å²) in [6.45, 7) is 0. The van der Waals surface area contributed by atoms with Gasteiger partial charge >= 0.3 is 0 Å². The molecule has 0 spiro atoms. The van der Waals surface area contributed by atoms with Gasteiger partial charge in [0, 0.05) is 34.2 Å². The minimum atomic E-state index is -0.207. The topological polar surface area (TPSA) is 72.2 Å². The van der Waals surface area contributed by atoms with Crippen LogP contribution in [0.1, 0.15) is 10.4 Å². The number of anilines is 1. The summed E-state index contributed by atoms with van der Waals surface area (Å²) >= 11 is 5.93. The van der Waals surface area contributed by atoms with Crippen LogP contribution in [0.25, 0.3) is 17.2 Å². The molecule has 2 aromatic carbocycles. The standard InChI is InChI=1S/C18H12ClN5O/c19-14-3-1-4-15(11-14)21-17(25)13-7-5-12(6-8-13)16-22-23-18-20-9-2-10-24(16)18/h1-11H,(H,21,25). The van der Waals surface area contributed by atoms with E-state index < -0.39 is 0 Å². The van der Waals surface area contributed by atoms with Gasteiger partial charge in [0.1, 0.15) is 0 Å². The predicted molar refractivity (Wildman–Crippen MR) is 95.6 cm³/mol. The smallest absolute Gasteiger partial charge is 0.255 e. The van der Waals surface area contributed by atoms with Crippen molar-refractivity contribution in [1.29, 1.82) is 0 Å². The van der Waals surface area contributed by atoms with Crippen LogP contribution < -0.4 is 5.32 Å². The number of benzene rings is 2. The molecule has 0 aliphatic heterocycles. The molecule has 7 heteroatoms. The fourth-order valence-electron chi connectivity index (χ4n) is 2.48. The average molecular weight is 350 g/mol.